The second-order valence-corrected chi connectivity index (χ2v) is 7.95. The molecule has 10 heteroatoms. The lowest BCUT2D eigenvalue weighted by atomic mass is 10.2. The summed E-state index contributed by atoms with van der Waals surface area (Å²) in [4.78, 5) is 24.8. The first-order valence-electron chi connectivity index (χ1n) is 8.51. The third-order valence-corrected chi connectivity index (χ3v) is 5.79. The fourth-order valence-electron chi connectivity index (χ4n) is 2.39. The summed E-state index contributed by atoms with van der Waals surface area (Å²) in [5.41, 5.74) is 2.18. The average Bonchev–Trinajstić information content (AvgIpc) is 3.39. The highest BCUT2D eigenvalue weighted by atomic mass is 32.2. The van der Waals surface area contributed by atoms with Crippen LogP contribution in [-0.2, 0) is 11.2 Å². The van der Waals surface area contributed by atoms with Crippen LogP contribution in [-0.4, -0.2) is 31.8 Å². The van der Waals surface area contributed by atoms with Crippen molar-refractivity contribution in [2.75, 3.05) is 11.1 Å². The molecule has 1 N–H and O–H groups in total. The van der Waals surface area contributed by atoms with Crippen molar-refractivity contribution in [3.63, 3.8) is 0 Å². The monoisotopic (exact) mass is 427 g/mol. The Morgan fingerprint density at radius 2 is 1.93 bits per heavy atom. The van der Waals surface area contributed by atoms with E-state index in [4.69, 9.17) is 4.52 Å². The summed E-state index contributed by atoms with van der Waals surface area (Å²) < 4.78 is 19.0. The minimum Gasteiger partial charge on any atom is -0.339 e. The lowest BCUT2D eigenvalue weighted by Crippen LogP contribution is -2.13. The van der Waals surface area contributed by atoms with Crippen LogP contribution < -0.4 is 5.32 Å². The average molecular weight is 427 g/mol. The Labute approximate surface area is 173 Å². The molecule has 4 aromatic rings. The van der Waals surface area contributed by atoms with E-state index in [0.29, 0.717) is 23.8 Å². The fraction of sp³-hybridized carbons (Fsp3) is 0.105. The molecular formula is C19H14FN5O2S2. The first-order chi connectivity index (χ1) is 14.2. The second-order valence-electron chi connectivity index (χ2n) is 5.87. The molecule has 0 saturated carbocycles. The highest BCUT2D eigenvalue weighted by molar-refractivity contribution is 8.01. The fourth-order valence-corrected chi connectivity index (χ4v) is 4.04. The number of benzene rings is 1. The quantitative estimate of drug-likeness (QED) is 0.445. The number of halogens is 1. The summed E-state index contributed by atoms with van der Waals surface area (Å²) in [5.74, 6) is 0.647. The molecule has 146 valence electrons. The van der Waals surface area contributed by atoms with E-state index in [2.05, 4.69) is 25.4 Å². The van der Waals surface area contributed by atoms with Crippen molar-refractivity contribution in [2.45, 2.75) is 10.8 Å². The molecule has 0 bridgehead atoms. The molecule has 0 atom stereocenters. The highest BCUT2D eigenvalue weighted by Gasteiger charge is 2.12. The van der Waals surface area contributed by atoms with E-state index in [9.17, 15) is 9.18 Å². The van der Waals surface area contributed by atoms with Crippen molar-refractivity contribution >= 4 is 34.7 Å². The number of nitrogens with zero attached hydrogens (tertiary/aromatic N) is 4. The summed E-state index contributed by atoms with van der Waals surface area (Å²) in [5, 5.41) is 8.59. The van der Waals surface area contributed by atoms with Crippen LogP contribution in [0, 0.1) is 5.82 Å². The van der Waals surface area contributed by atoms with Crippen molar-refractivity contribution in [1.29, 1.82) is 0 Å². The van der Waals surface area contributed by atoms with Crippen molar-refractivity contribution in [3.05, 3.63) is 71.6 Å². The number of anilines is 1. The van der Waals surface area contributed by atoms with Gasteiger partial charge in [-0.3, -0.25) is 9.78 Å². The van der Waals surface area contributed by atoms with E-state index in [0.717, 1.165) is 15.6 Å². The van der Waals surface area contributed by atoms with E-state index >= 15 is 0 Å². The summed E-state index contributed by atoms with van der Waals surface area (Å²) in [7, 11) is 0. The third-order valence-electron chi connectivity index (χ3n) is 3.72. The molecule has 3 heterocycles. The maximum atomic E-state index is 12.9. The van der Waals surface area contributed by atoms with Gasteiger partial charge in [0.05, 0.1) is 17.9 Å². The van der Waals surface area contributed by atoms with Gasteiger partial charge in [-0.05, 0) is 36.4 Å². The van der Waals surface area contributed by atoms with Crippen molar-refractivity contribution in [2.24, 2.45) is 0 Å². The van der Waals surface area contributed by atoms with Crippen molar-refractivity contribution in [1.82, 2.24) is 20.1 Å². The second kappa shape index (κ2) is 8.93. The largest absolute Gasteiger partial charge is 0.339 e. The third kappa shape index (κ3) is 5.24. The van der Waals surface area contributed by atoms with Crippen LogP contribution in [0.25, 0.3) is 11.4 Å². The van der Waals surface area contributed by atoms with E-state index < -0.39 is 0 Å². The first kappa shape index (κ1) is 19.2. The number of carbonyl (C=O) groups is 1. The van der Waals surface area contributed by atoms with Gasteiger partial charge < -0.3 is 9.84 Å². The van der Waals surface area contributed by atoms with Gasteiger partial charge in [-0.15, -0.1) is 11.3 Å². The van der Waals surface area contributed by atoms with E-state index in [1.165, 1.54) is 47.4 Å². The zero-order valence-corrected chi connectivity index (χ0v) is 16.5. The Morgan fingerprint density at radius 1 is 1.14 bits per heavy atom. The number of nitrogens with one attached hydrogen (secondary N) is 1. The summed E-state index contributed by atoms with van der Waals surface area (Å²) in [6.45, 7) is 0. The van der Waals surface area contributed by atoms with Gasteiger partial charge in [0.1, 0.15) is 5.82 Å². The molecule has 3 aromatic heterocycles. The van der Waals surface area contributed by atoms with Crippen molar-refractivity contribution < 1.29 is 13.7 Å². The standard InChI is InChI=1S/C19H14FN5O2S2/c20-13-1-3-14(4-2-13)22-16(26)11-29-19-23-15(10-28-19)9-17-24-18(25-27-17)12-5-7-21-8-6-12/h1-8,10H,9,11H2,(H,22,26). The minimum absolute atomic E-state index is 0.183. The van der Waals surface area contributed by atoms with Gasteiger partial charge in [-0.1, -0.05) is 16.9 Å². The molecule has 7 nitrogen and oxygen atoms in total. The number of aromatic nitrogens is 4. The van der Waals surface area contributed by atoms with Gasteiger partial charge in [0.2, 0.25) is 17.6 Å². The van der Waals surface area contributed by atoms with Crippen LogP contribution in [0.4, 0.5) is 10.1 Å². The predicted molar refractivity (Wildman–Crippen MR) is 108 cm³/mol. The van der Waals surface area contributed by atoms with Gasteiger partial charge in [-0.25, -0.2) is 9.37 Å². The molecule has 0 aliphatic carbocycles. The summed E-state index contributed by atoms with van der Waals surface area (Å²) in [6, 6.07) is 9.25. The van der Waals surface area contributed by atoms with Gasteiger partial charge >= 0.3 is 0 Å². The molecule has 1 aromatic carbocycles. The maximum absolute atomic E-state index is 12.9. The number of thiazole rings is 1. The number of carbonyl (C=O) groups excluding carboxylic acids is 1. The molecular weight excluding hydrogens is 413 g/mol. The number of hydrogen-bond donors (Lipinski definition) is 1. The highest BCUT2D eigenvalue weighted by Crippen LogP contribution is 2.24. The lowest BCUT2D eigenvalue weighted by Gasteiger charge is -2.03. The number of rotatable bonds is 7. The molecule has 0 saturated heterocycles. The summed E-state index contributed by atoms with van der Waals surface area (Å²) >= 11 is 2.78. The molecule has 0 aliphatic heterocycles. The van der Waals surface area contributed by atoms with Gasteiger partial charge in [0.15, 0.2) is 4.34 Å². The number of amides is 1. The van der Waals surface area contributed by atoms with Crippen LogP contribution >= 0.6 is 23.1 Å². The predicted octanol–water partition coefficient (Wildman–Crippen LogP) is 4.05. The number of pyridine rings is 1. The maximum Gasteiger partial charge on any atom is 0.234 e. The van der Waals surface area contributed by atoms with Crippen LogP contribution in [0.2, 0.25) is 0 Å². The van der Waals surface area contributed by atoms with Crippen LogP contribution in [0.1, 0.15) is 11.6 Å². The Bertz CT molecular complexity index is 1100. The van der Waals surface area contributed by atoms with Gasteiger partial charge in [0, 0.05) is 29.0 Å². The Balaban J connectivity index is 1.30. The molecule has 0 radical (unpaired) electrons. The van der Waals surface area contributed by atoms with Crippen LogP contribution in [0.15, 0.2) is 63.0 Å². The van der Waals surface area contributed by atoms with Crippen LogP contribution in [0.5, 0.6) is 0 Å². The zero-order chi connectivity index (χ0) is 20.1. The number of hydrogen-bond acceptors (Lipinski definition) is 8. The van der Waals surface area contributed by atoms with E-state index in [1.54, 1.807) is 12.4 Å². The Morgan fingerprint density at radius 3 is 2.72 bits per heavy atom. The van der Waals surface area contributed by atoms with E-state index in [-0.39, 0.29) is 17.5 Å². The van der Waals surface area contributed by atoms with E-state index in [1.807, 2.05) is 17.5 Å². The first-order valence-corrected chi connectivity index (χ1v) is 10.4. The minimum atomic E-state index is -0.346. The number of thioether (sulfide) groups is 1. The molecule has 0 fully saturated rings. The van der Waals surface area contributed by atoms with Gasteiger partial charge in [-0.2, -0.15) is 4.98 Å². The molecule has 29 heavy (non-hydrogen) atoms. The molecule has 0 spiro atoms. The van der Waals surface area contributed by atoms with Crippen LogP contribution in [0.3, 0.4) is 0 Å². The smallest absolute Gasteiger partial charge is 0.234 e. The molecule has 1 amide bonds. The Hall–Kier alpha value is -3.11. The lowest BCUT2D eigenvalue weighted by molar-refractivity contribution is -0.113. The SMILES string of the molecule is O=C(CSc1nc(Cc2nc(-c3ccncc3)no2)cs1)Nc1ccc(F)cc1. The Kier molecular flexibility index (Phi) is 5.92. The zero-order valence-electron chi connectivity index (χ0n) is 14.9. The normalized spacial score (nSPS) is 10.8. The molecule has 0 unspecified atom stereocenters. The topological polar surface area (TPSA) is 93.8 Å². The molecule has 4 rings (SSSR count). The van der Waals surface area contributed by atoms with Gasteiger partial charge in [0.25, 0.3) is 0 Å². The summed E-state index contributed by atoms with van der Waals surface area (Å²) in [6.07, 6.45) is 3.75. The molecule has 0 aliphatic rings. The van der Waals surface area contributed by atoms with Crippen molar-refractivity contribution in [3.8, 4) is 11.4 Å².